The smallest absolute Gasteiger partial charge is 0.315 e. The van der Waals surface area contributed by atoms with Gasteiger partial charge in [-0.25, -0.2) is 9.78 Å². The second-order valence-corrected chi connectivity index (χ2v) is 7.25. The molecule has 7 heteroatoms. The summed E-state index contributed by atoms with van der Waals surface area (Å²) in [7, 11) is 0. The third kappa shape index (κ3) is 5.06. The molecule has 2 N–H and O–H groups in total. The Morgan fingerprint density at radius 3 is 2.71 bits per heavy atom. The average molecular weight is 350 g/mol. The van der Waals surface area contributed by atoms with Crippen molar-refractivity contribution in [1.29, 1.82) is 0 Å². The van der Waals surface area contributed by atoms with Gasteiger partial charge in [-0.1, -0.05) is 13.8 Å². The number of carbonyl (C=O) groups is 1. The van der Waals surface area contributed by atoms with Crippen LogP contribution in [0.3, 0.4) is 0 Å². The van der Waals surface area contributed by atoms with Gasteiger partial charge in [-0.05, 0) is 39.2 Å². The molecule has 2 aromatic heterocycles. The predicted molar refractivity (Wildman–Crippen MR) is 97.3 cm³/mol. The van der Waals surface area contributed by atoms with Crippen LogP contribution in [0.1, 0.15) is 48.9 Å². The van der Waals surface area contributed by atoms with Crippen molar-refractivity contribution in [2.75, 3.05) is 6.54 Å². The van der Waals surface area contributed by atoms with Crippen molar-refractivity contribution in [1.82, 2.24) is 25.4 Å². The van der Waals surface area contributed by atoms with Crippen LogP contribution in [0.25, 0.3) is 0 Å². The quantitative estimate of drug-likeness (QED) is 0.806. The van der Waals surface area contributed by atoms with Gasteiger partial charge in [-0.15, -0.1) is 11.3 Å². The monoisotopic (exact) mass is 349 g/mol. The van der Waals surface area contributed by atoms with E-state index in [0.29, 0.717) is 12.5 Å². The number of aromatic nitrogens is 3. The fourth-order valence-electron chi connectivity index (χ4n) is 2.49. The molecule has 0 aliphatic heterocycles. The molecule has 0 saturated carbocycles. The highest BCUT2D eigenvalue weighted by atomic mass is 32.1. The van der Waals surface area contributed by atoms with Crippen LogP contribution in [0.2, 0.25) is 0 Å². The van der Waals surface area contributed by atoms with E-state index in [-0.39, 0.29) is 12.1 Å². The van der Waals surface area contributed by atoms with E-state index in [1.54, 1.807) is 11.3 Å². The second kappa shape index (κ2) is 8.28. The Morgan fingerprint density at radius 1 is 1.38 bits per heavy atom. The van der Waals surface area contributed by atoms with E-state index in [9.17, 15) is 4.79 Å². The number of nitrogens with one attached hydrogen (secondary N) is 2. The van der Waals surface area contributed by atoms with E-state index in [1.807, 2.05) is 30.8 Å². The molecular weight excluding hydrogens is 322 g/mol. The first-order valence-electron chi connectivity index (χ1n) is 8.38. The van der Waals surface area contributed by atoms with Gasteiger partial charge in [0, 0.05) is 24.2 Å². The number of rotatable bonds is 7. The van der Waals surface area contributed by atoms with E-state index in [0.717, 1.165) is 35.1 Å². The third-order valence-corrected chi connectivity index (χ3v) is 4.87. The van der Waals surface area contributed by atoms with Crippen molar-refractivity contribution in [3.8, 4) is 0 Å². The highest BCUT2D eigenvalue weighted by molar-refractivity contribution is 7.09. The third-order valence-electron chi connectivity index (χ3n) is 3.86. The number of urea groups is 1. The molecule has 0 aliphatic rings. The molecule has 2 atom stereocenters. The lowest BCUT2D eigenvalue weighted by Gasteiger charge is -2.16. The Labute approximate surface area is 147 Å². The Kier molecular flexibility index (Phi) is 6.36. The second-order valence-electron chi connectivity index (χ2n) is 6.31. The van der Waals surface area contributed by atoms with Gasteiger partial charge in [0.1, 0.15) is 0 Å². The zero-order valence-electron chi connectivity index (χ0n) is 15.1. The molecule has 2 rings (SSSR count). The number of thiazole rings is 1. The van der Waals surface area contributed by atoms with Crippen LogP contribution < -0.4 is 10.6 Å². The molecule has 2 amide bonds. The van der Waals surface area contributed by atoms with Gasteiger partial charge in [0.25, 0.3) is 0 Å². The summed E-state index contributed by atoms with van der Waals surface area (Å²) in [5.74, 6) is 0.301. The first kappa shape index (κ1) is 18.4. The molecule has 0 bridgehead atoms. The van der Waals surface area contributed by atoms with Gasteiger partial charge in [0.2, 0.25) is 0 Å². The Bertz CT molecular complexity index is 678. The van der Waals surface area contributed by atoms with Crippen LogP contribution in [0.4, 0.5) is 4.79 Å². The number of amides is 2. The van der Waals surface area contributed by atoms with Crippen molar-refractivity contribution >= 4 is 17.4 Å². The zero-order chi connectivity index (χ0) is 17.7. The molecule has 0 aromatic carbocycles. The summed E-state index contributed by atoms with van der Waals surface area (Å²) >= 11 is 1.64. The number of hydrogen-bond acceptors (Lipinski definition) is 4. The summed E-state index contributed by atoms with van der Waals surface area (Å²) in [4.78, 5) is 16.6. The molecule has 132 valence electrons. The van der Waals surface area contributed by atoms with Crippen LogP contribution in [0, 0.1) is 19.8 Å². The predicted octanol–water partition coefficient (Wildman–Crippen LogP) is 3.22. The highest BCUT2D eigenvalue weighted by Gasteiger charge is 2.14. The molecule has 6 nitrogen and oxygen atoms in total. The van der Waals surface area contributed by atoms with Crippen molar-refractivity contribution in [2.45, 2.75) is 53.6 Å². The van der Waals surface area contributed by atoms with Gasteiger partial charge < -0.3 is 10.6 Å². The minimum Gasteiger partial charge on any atom is -0.338 e. The maximum atomic E-state index is 12.1. The lowest BCUT2D eigenvalue weighted by atomic mass is 10.2. The number of hydrogen-bond donors (Lipinski definition) is 2. The Hall–Kier alpha value is -1.89. The minimum atomic E-state index is -0.159. The molecule has 0 spiro atoms. The van der Waals surface area contributed by atoms with Crippen molar-refractivity contribution in [2.24, 2.45) is 5.92 Å². The average Bonchev–Trinajstić information content (AvgIpc) is 3.12. The zero-order valence-corrected chi connectivity index (χ0v) is 15.9. The van der Waals surface area contributed by atoms with Crippen molar-refractivity contribution in [3.05, 3.63) is 33.5 Å². The lowest BCUT2D eigenvalue weighted by molar-refractivity contribution is 0.235. The normalized spacial score (nSPS) is 13.5. The van der Waals surface area contributed by atoms with E-state index < -0.39 is 0 Å². The van der Waals surface area contributed by atoms with Gasteiger partial charge in [-0.3, -0.25) is 4.68 Å². The first-order chi connectivity index (χ1) is 11.4. The summed E-state index contributed by atoms with van der Waals surface area (Å²) < 4.78 is 1.99. The van der Waals surface area contributed by atoms with Crippen LogP contribution >= 0.6 is 11.3 Å². The maximum absolute atomic E-state index is 12.1. The number of nitrogens with zero attached hydrogens (tertiary/aromatic N) is 3. The van der Waals surface area contributed by atoms with Crippen LogP contribution in [-0.4, -0.2) is 27.3 Å². The van der Waals surface area contributed by atoms with Crippen LogP contribution in [0.15, 0.2) is 11.4 Å². The molecule has 0 saturated heterocycles. The summed E-state index contributed by atoms with van der Waals surface area (Å²) in [6, 6.07) is 1.81. The molecule has 2 heterocycles. The van der Waals surface area contributed by atoms with Crippen LogP contribution in [0.5, 0.6) is 0 Å². The van der Waals surface area contributed by atoms with E-state index in [1.165, 1.54) is 0 Å². The van der Waals surface area contributed by atoms with Crippen molar-refractivity contribution < 1.29 is 4.79 Å². The Morgan fingerprint density at radius 2 is 2.12 bits per heavy atom. The molecule has 2 aromatic rings. The van der Waals surface area contributed by atoms with Gasteiger partial charge in [-0.2, -0.15) is 5.10 Å². The standard InChI is InChI=1S/C17H27N5OS/c1-6-16-20-15(10-24-16)14(5)19-17(23)18-8-11(2)9-22-13(4)7-12(3)21-22/h7,10-11,14H,6,8-9H2,1-5H3,(H2,18,19,23)/t11-,14+/m0/s1. The molecule has 0 fully saturated rings. The fourth-order valence-corrected chi connectivity index (χ4v) is 3.33. The minimum absolute atomic E-state index is 0.0899. The van der Waals surface area contributed by atoms with Crippen LogP contribution in [-0.2, 0) is 13.0 Å². The molecule has 0 radical (unpaired) electrons. The van der Waals surface area contributed by atoms with Gasteiger partial charge in [0.05, 0.1) is 22.4 Å². The SMILES string of the molecule is CCc1nc([C@@H](C)NC(=O)NC[C@H](C)Cn2nc(C)cc2C)cs1. The van der Waals surface area contributed by atoms with E-state index in [4.69, 9.17) is 0 Å². The molecular formula is C17H27N5OS. The topological polar surface area (TPSA) is 71.8 Å². The van der Waals surface area contributed by atoms with Gasteiger partial charge in [0.15, 0.2) is 0 Å². The Balaban J connectivity index is 1.76. The summed E-state index contributed by atoms with van der Waals surface area (Å²) in [6.45, 7) is 11.6. The summed E-state index contributed by atoms with van der Waals surface area (Å²) in [5, 5.41) is 13.4. The van der Waals surface area contributed by atoms with Crippen molar-refractivity contribution in [3.63, 3.8) is 0 Å². The first-order valence-corrected chi connectivity index (χ1v) is 9.26. The summed E-state index contributed by atoms with van der Waals surface area (Å²) in [6.07, 6.45) is 0.924. The number of aryl methyl sites for hydroxylation is 3. The van der Waals surface area contributed by atoms with E-state index >= 15 is 0 Å². The lowest BCUT2D eigenvalue weighted by Crippen LogP contribution is -2.39. The molecule has 0 aliphatic carbocycles. The highest BCUT2D eigenvalue weighted by Crippen LogP contribution is 2.16. The maximum Gasteiger partial charge on any atom is 0.315 e. The van der Waals surface area contributed by atoms with Gasteiger partial charge >= 0.3 is 6.03 Å². The fraction of sp³-hybridized carbons (Fsp3) is 0.588. The largest absolute Gasteiger partial charge is 0.338 e. The van der Waals surface area contributed by atoms with E-state index in [2.05, 4.69) is 40.6 Å². The summed E-state index contributed by atoms with van der Waals surface area (Å²) in [5.41, 5.74) is 3.09. The number of carbonyl (C=O) groups excluding carboxylic acids is 1. The molecule has 0 unspecified atom stereocenters. The molecule has 24 heavy (non-hydrogen) atoms.